The van der Waals surface area contributed by atoms with Crippen molar-refractivity contribution in [2.45, 2.75) is 50.4 Å². The zero-order valence-corrected chi connectivity index (χ0v) is 17.9. The van der Waals surface area contributed by atoms with Crippen molar-refractivity contribution in [1.82, 2.24) is 5.32 Å². The fourth-order valence-electron chi connectivity index (χ4n) is 2.98. The number of anilines is 1. The third-order valence-electron chi connectivity index (χ3n) is 4.70. The summed E-state index contributed by atoms with van der Waals surface area (Å²) in [6.07, 6.45) is 6.41. The first-order valence-corrected chi connectivity index (χ1v) is 12.3. The highest BCUT2D eigenvalue weighted by Crippen LogP contribution is 2.28. The second kappa shape index (κ2) is 10.2. The van der Waals surface area contributed by atoms with Crippen molar-refractivity contribution in [2.75, 3.05) is 29.9 Å². The van der Waals surface area contributed by atoms with E-state index in [-0.39, 0.29) is 5.91 Å². The van der Waals surface area contributed by atoms with Crippen LogP contribution in [0.5, 0.6) is 5.75 Å². The van der Waals surface area contributed by atoms with Crippen LogP contribution in [0.3, 0.4) is 0 Å². The fourth-order valence-corrected chi connectivity index (χ4v) is 4.71. The van der Waals surface area contributed by atoms with E-state index in [1.165, 1.54) is 37.0 Å². The minimum atomic E-state index is -3.30. The lowest BCUT2D eigenvalue weighted by molar-refractivity contribution is -0.127. The number of sulfonamides is 1. The molecule has 8 heteroatoms. The van der Waals surface area contributed by atoms with Crippen molar-refractivity contribution in [3.05, 3.63) is 24.3 Å². The first-order valence-electron chi connectivity index (χ1n) is 9.41. The second-order valence-electron chi connectivity index (χ2n) is 6.81. The van der Waals surface area contributed by atoms with Gasteiger partial charge in [-0.1, -0.05) is 19.8 Å². The van der Waals surface area contributed by atoms with Gasteiger partial charge < -0.3 is 10.1 Å². The molecule has 0 bridgehead atoms. The molecule has 1 fully saturated rings. The average molecular weight is 415 g/mol. The number of nitrogens with zero attached hydrogens (tertiary/aromatic N) is 1. The predicted octanol–water partition coefficient (Wildman–Crippen LogP) is 3.03. The molecule has 6 nitrogen and oxygen atoms in total. The summed E-state index contributed by atoms with van der Waals surface area (Å²) in [5, 5.41) is 3.71. The molecule has 1 atom stereocenters. The standard InChI is InChI=1S/C19H30N2O4S2/c1-4-18(19(22)20-13-14-26-17-7-5-6-8-17)25-16-11-9-15(10-12-16)21(2)27(3,23)24/h9-12,17-18H,4-8,13-14H2,1-3H3,(H,20,22)/t18-/m1/s1. The molecule has 1 aromatic carbocycles. The van der Waals surface area contributed by atoms with Gasteiger partial charge in [-0.25, -0.2) is 8.42 Å². The molecule has 27 heavy (non-hydrogen) atoms. The van der Waals surface area contributed by atoms with Crippen LogP contribution in [0.1, 0.15) is 39.0 Å². The summed E-state index contributed by atoms with van der Waals surface area (Å²) >= 11 is 1.95. The topological polar surface area (TPSA) is 75.7 Å². The van der Waals surface area contributed by atoms with Crippen molar-refractivity contribution >= 4 is 33.4 Å². The Hall–Kier alpha value is -1.41. The van der Waals surface area contributed by atoms with E-state index in [1.54, 1.807) is 24.3 Å². The number of rotatable bonds is 10. The van der Waals surface area contributed by atoms with Gasteiger partial charge in [0.15, 0.2) is 6.10 Å². The molecule has 1 aliphatic rings. The molecule has 1 aliphatic carbocycles. The summed E-state index contributed by atoms with van der Waals surface area (Å²) in [6, 6.07) is 6.70. The monoisotopic (exact) mass is 414 g/mol. The number of nitrogens with one attached hydrogen (secondary N) is 1. The van der Waals surface area contributed by atoms with Crippen molar-refractivity contribution in [3.8, 4) is 5.75 Å². The predicted molar refractivity (Wildman–Crippen MR) is 112 cm³/mol. The number of carbonyl (C=O) groups excluding carboxylic acids is 1. The molecule has 0 aromatic heterocycles. The van der Waals surface area contributed by atoms with Gasteiger partial charge in [0, 0.05) is 24.6 Å². The van der Waals surface area contributed by atoms with E-state index in [4.69, 9.17) is 4.74 Å². The number of hydrogen-bond acceptors (Lipinski definition) is 5. The Morgan fingerprint density at radius 3 is 2.48 bits per heavy atom. The van der Waals surface area contributed by atoms with E-state index in [0.717, 1.165) is 17.3 Å². The zero-order chi connectivity index (χ0) is 19.9. The van der Waals surface area contributed by atoms with Crippen molar-refractivity contribution < 1.29 is 17.9 Å². The molecule has 1 saturated carbocycles. The Morgan fingerprint density at radius 1 is 1.30 bits per heavy atom. The first-order chi connectivity index (χ1) is 12.8. The molecule has 0 aliphatic heterocycles. The summed E-state index contributed by atoms with van der Waals surface area (Å²) in [4.78, 5) is 12.3. The van der Waals surface area contributed by atoms with Gasteiger partial charge >= 0.3 is 0 Å². The molecule has 2 rings (SSSR count). The summed E-state index contributed by atoms with van der Waals surface area (Å²) < 4.78 is 30.1. The fraction of sp³-hybridized carbons (Fsp3) is 0.632. The van der Waals surface area contributed by atoms with Crippen LogP contribution < -0.4 is 14.4 Å². The Bertz CT molecular complexity index is 701. The molecule has 0 spiro atoms. The third-order valence-corrected chi connectivity index (χ3v) is 7.28. The van der Waals surface area contributed by atoms with E-state index >= 15 is 0 Å². The molecule has 1 aromatic rings. The van der Waals surface area contributed by atoms with Crippen LogP contribution in [0.2, 0.25) is 0 Å². The van der Waals surface area contributed by atoms with E-state index in [1.807, 2.05) is 18.7 Å². The van der Waals surface area contributed by atoms with Crippen LogP contribution >= 0.6 is 11.8 Å². The zero-order valence-electron chi connectivity index (χ0n) is 16.3. The van der Waals surface area contributed by atoms with E-state index in [0.29, 0.717) is 24.4 Å². The van der Waals surface area contributed by atoms with Gasteiger partial charge in [-0.2, -0.15) is 11.8 Å². The highest BCUT2D eigenvalue weighted by Gasteiger charge is 2.19. The van der Waals surface area contributed by atoms with Gasteiger partial charge in [0.25, 0.3) is 5.91 Å². The maximum atomic E-state index is 12.3. The minimum Gasteiger partial charge on any atom is -0.481 e. The highest BCUT2D eigenvalue weighted by molar-refractivity contribution is 7.99. The Labute approximate surface area is 167 Å². The van der Waals surface area contributed by atoms with Crippen LogP contribution in [0.15, 0.2) is 24.3 Å². The number of thioether (sulfide) groups is 1. The molecule has 1 amide bonds. The van der Waals surface area contributed by atoms with Gasteiger partial charge in [0.1, 0.15) is 5.75 Å². The summed E-state index contributed by atoms with van der Waals surface area (Å²) in [5.74, 6) is 1.36. The minimum absolute atomic E-state index is 0.109. The SMILES string of the molecule is CC[C@@H](Oc1ccc(N(C)S(C)(=O)=O)cc1)C(=O)NCCSC1CCCC1. The Balaban J connectivity index is 1.81. The molecular weight excluding hydrogens is 384 g/mol. The summed E-state index contributed by atoms with van der Waals surface area (Å²) in [5.41, 5.74) is 0.547. The van der Waals surface area contributed by atoms with Gasteiger partial charge in [-0.15, -0.1) is 0 Å². The summed E-state index contributed by atoms with van der Waals surface area (Å²) in [6.45, 7) is 2.56. The molecule has 0 heterocycles. The molecule has 0 saturated heterocycles. The number of carbonyl (C=O) groups is 1. The van der Waals surface area contributed by atoms with Crippen LogP contribution in [-0.2, 0) is 14.8 Å². The van der Waals surface area contributed by atoms with Gasteiger partial charge in [0.2, 0.25) is 10.0 Å². The van der Waals surface area contributed by atoms with Gasteiger partial charge in [0.05, 0.1) is 11.9 Å². The lowest BCUT2D eigenvalue weighted by Gasteiger charge is -2.19. The van der Waals surface area contributed by atoms with Crippen molar-refractivity contribution in [3.63, 3.8) is 0 Å². The van der Waals surface area contributed by atoms with E-state index in [2.05, 4.69) is 5.32 Å². The first kappa shape index (κ1) is 21.9. The van der Waals surface area contributed by atoms with E-state index < -0.39 is 16.1 Å². The number of ether oxygens (including phenoxy) is 1. The molecule has 0 unspecified atom stereocenters. The lowest BCUT2D eigenvalue weighted by Crippen LogP contribution is -2.39. The second-order valence-corrected chi connectivity index (χ2v) is 10.2. The maximum Gasteiger partial charge on any atom is 0.261 e. The van der Waals surface area contributed by atoms with Crippen LogP contribution in [0.25, 0.3) is 0 Å². The smallest absolute Gasteiger partial charge is 0.261 e. The molecule has 0 radical (unpaired) electrons. The molecular formula is C19H30N2O4S2. The molecule has 152 valence electrons. The van der Waals surface area contributed by atoms with Crippen molar-refractivity contribution in [1.29, 1.82) is 0 Å². The Kier molecular flexibility index (Phi) is 8.28. The van der Waals surface area contributed by atoms with Crippen LogP contribution in [0, 0.1) is 0 Å². The van der Waals surface area contributed by atoms with Crippen LogP contribution in [-0.4, -0.2) is 51.3 Å². The molecule has 1 N–H and O–H groups in total. The Morgan fingerprint density at radius 2 is 1.93 bits per heavy atom. The quantitative estimate of drug-likeness (QED) is 0.596. The number of amides is 1. The number of hydrogen-bond donors (Lipinski definition) is 1. The van der Waals surface area contributed by atoms with Gasteiger partial charge in [-0.05, 0) is 43.5 Å². The van der Waals surface area contributed by atoms with Crippen LogP contribution in [0.4, 0.5) is 5.69 Å². The van der Waals surface area contributed by atoms with E-state index in [9.17, 15) is 13.2 Å². The summed E-state index contributed by atoms with van der Waals surface area (Å²) in [7, 11) is -1.81. The maximum absolute atomic E-state index is 12.3. The lowest BCUT2D eigenvalue weighted by atomic mass is 10.2. The highest BCUT2D eigenvalue weighted by atomic mass is 32.2. The van der Waals surface area contributed by atoms with Gasteiger partial charge in [-0.3, -0.25) is 9.10 Å². The van der Waals surface area contributed by atoms with Crippen molar-refractivity contribution in [2.24, 2.45) is 0 Å². The third kappa shape index (κ3) is 6.92. The normalized spacial score (nSPS) is 16.1. The number of benzene rings is 1. The largest absolute Gasteiger partial charge is 0.481 e. The average Bonchev–Trinajstić information content (AvgIpc) is 3.15.